The number of nitro benzene ring substituents is 1. The van der Waals surface area contributed by atoms with Gasteiger partial charge in [-0.1, -0.05) is 18.2 Å². The molecule has 0 atom stereocenters. The number of hydrogen-bond donors (Lipinski definition) is 0. The lowest BCUT2D eigenvalue weighted by molar-refractivity contribution is -0.385. The Morgan fingerprint density at radius 1 is 1.15 bits per heavy atom. The van der Waals surface area contributed by atoms with Crippen LogP contribution in [-0.2, 0) is 17.9 Å². The van der Waals surface area contributed by atoms with Crippen LogP contribution in [0.15, 0.2) is 70.7 Å². The maximum absolute atomic E-state index is 12.7. The summed E-state index contributed by atoms with van der Waals surface area (Å²) in [4.78, 5) is 26.0. The predicted molar refractivity (Wildman–Crippen MR) is 99.4 cm³/mol. The van der Waals surface area contributed by atoms with Crippen LogP contribution in [0, 0.1) is 10.1 Å². The molecule has 26 heavy (non-hydrogen) atoms. The summed E-state index contributed by atoms with van der Waals surface area (Å²) in [5.41, 5.74) is 0.354. The number of thiophene rings is 1. The molecule has 6 nitrogen and oxygen atoms in total. The SMILES string of the molecule is O=C(/C=C/c1ccccc1[N+](=O)[O-])N(Cc1ccco1)Cc1cccs1. The summed E-state index contributed by atoms with van der Waals surface area (Å²) in [5, 5.41) is 13.0. The molecule has 1 aromatic carbocycles. The summed E-state index contributed by atoms with van der Waals surface area (Å²) in [6.07, 6.45) is 4.40. The first-order valence-electron chi connectivity index (χ1n) is 7.88. The van der Waals surface area contributed by atoms with E-state index in [-0.39, 0.29) is 11.6 Å². The second kappa shape index (κ2) is 8.26. The highest BCUT2D eigenvalue weighted by molar-refractivity contribution is 7.09. The van der Waals surface area contributed by atoms with Crippen molar-refractivity contribution in [2.45, 2.75) is 13.1 Å². The van der Waals surface area contributed by atoms with Crippen molar-refractivity contribution in [1.29, 1.82) is 0 Å². The third kappa shape index (κ3) is 4.46. The first-order valence-corrected chi connectivity index (χ1v) is 8.76. The van der Waals surface area contributed by atoms with Crippen LogP contribution < -0.4 is 0 Å². The largest absolute Gasteiger partial charge is 0.467 e. The minimum Gasteiger partial charge on any atom is -0.467 e. The molecule has 0 saturated heterocycles. The van der Waals surface area contributed by atoms with Crippen LogP contribution in [0.3, 0.4) is 0 Å². The van der Waals surface area contributed by atoms with Crippen molar-refractivity contribution in [3.05, 3.63) is 92.6 Å². The van der Waals surface area contributed by atoms with E-state index in [9.17, 15) is 14.9 Å². The molecule has 0 aliphatic heterocycles. The van der Waals surface area contributed by atoms with E-state index in [0.717, 1.165) is 4.88 Å². The number of nitro groups is 1. The monoisotopic (exact) mass is 368 g/mol. The molecule has 0 radical (unpaired) electrons. The molecule has 0 unspecified atom stereocenters. The highest BCUT2D eigenvalue weighted by atomic mass is 32.1. The topological polar surface area (TPSA) is 76.6 Å². The van der Waals surface area contributed by atoms with E-state index in [2.05, 4.69) is 0 Å². The van der Waals surface area contributed by atoms with Gasteiger partial charge in [0.05, 0.1) is 29.8 Å². The van der Waals surface area contributed by atoms with Gasteiger partial charge in [-0.05, 0) is 35.7 Å². The van der Waals surface area contributed by atoms with E-state index < -0.39 is 4.92 Å². The molecule has 3 aromatic rings. The van der Waals surface area contributed by atoms with Gasteiger partial charge >= 0.3 is 0 Å². The minimum atomic E-state index is -0.462. The van der Waals surface area contributed by atoms with E-state index in [1.165, 1.54) is 18.2 Å². The number of hydrogen-bond acceptors (Lipinski definition) is 5. The second-order valence-corrected chi connectivity index (χ2v) is 6.53. The van der Waals surface area contributed by atoms with Crippen molar-refractivity contribution in [2.24, 2.45) is 0 Å². The number of benzene rings is 1. The number of para-hydroxylation sites is 1. The highest BCUT2D eigenvalue weighted by Gasteiger charge is 2.15. The van der Waals surface area contributed by atoms with E-state index >= 15 is 0 Å². The van der Waals surface area contributed by atoms with Crippen molar-refractivity contribution >= 4 is 29.0 Å². The lowest BCUT2D eigenvalue weighted by Crippen LogP contribution is -2.28. The molecule has 7 heteroatoms. The van der Waals surface area contributed by atoms with Gasteiger partial charge in [0.25, 0.3) is 5.69 Å². The molecule has 0 bridgehead atoms. The molecule has 0 N–H and O–H groups in total. The Balaban J connectivity index is 1.79. The molecule has 3 rings (SSSR count). The zero-order valence-corrected chi connectivity index (χ0v) is 14.6. The molecule has 132 valence electrons. The standard InChI is InChI=1S/C19H16N2O4S/c22-19(10-9-15-5-1-2-8-18(15)21(23)24)20(13-16-6-3-11-25-16)14-17-7-4-12-26-17/h1-12H,13-14H2/b10-9+. The quantitative estimate of drug-likeness (QED) is 0.350. The Bertz CT molecular complexity index is 865. The first kappa shape index (κ1) is 17.6. The Hall–Kier alpha value is -3.19. The van der Waals surface area contributed by atoms with Gasteiger partial charge in [-0.15, -0.1) is 11.3 Å². The summed E-state index contributed by atoms with van der Waals surface area (Å²) in [6.45, 7) is 0.767. The van der Waals surface area contributed by atoms with Crippen LogP contribution >= 0.6 is 11.3 Å². The molecule has 2 aromatic heterocycles. The molecule has 2 heterocycles. The molecular weight excluding hydrogens is 352 g/mol. The fourth-order valence-corrected chi connectivity index (χ4v) is 3.17. The van der Waals surface area contributed by atoms with Gasteiger partial charge in [0.15, 0.2) is 0 Å². The van der Waals surface area contributed by atoms with Crippen LogP contribution in [0.25, 0.3) is 6.08 Å². The summed E-state index contributed by atoms with van der Waals surface area (Å²) < 4.78 is 5.34. The van der Waals surface area contributed by atoms with Gasteiger partial charge in [0.2, 0.25) is 5.91 Å². The first-order chi connectivity index (χ1) is 12.6. The zero-order chi connectivity index (χ0) is 18.4. The Kier molecular flexibility index (Phi) is 5.60. The highest BCUT2D eigenvalue weighted by Crippen LogP contribution is 2.20. The van der Waals surface area contributed by atoms with Gasteiger partial charge < -0.3 is 9.32 Å². The van der Waals surface area contributed by atoms with Crippen LogP contribution in [0.4, 0.5) is 5.69 Å². The lowest BCUT2D eigenvalue weighted by atomic mass is 10.1. The number of amides is 1. The lowest BCUT2D eigenvalue weighted by Gasteiger charge is -2.19. The molecular formula is C19H16N2O4S. The smallest absolute Gasteiger partial charge is 0.276 e. The van der Waals surface area contributed by atoms with Crippen LogP contribution in [0.2, 0.25) is 0 Å². The number of furan rings is 1. The van der Waals surface area contributed by atoms with Gasteiger partial charge in [-0.2, -0.15) is 0 Å². The van der Waals surface area contributed by atoms with Crippen molar-refractivity contribution in [1.82, 2.24) is 4.90 Å². The number of carbonyl (C=O) groups is 1. The maximum atomic E-state index is 12.7. The Morgan fingerprint density at radius 2 is 2.00 bits per heavy atom. The zero-order valence-electron chi connectivity index (χ0n) is 13.8. The maximum Gasteiger partial charge on any atom is 0.276 e. The Labute approximate surface area is 154 Å². The van der Waals surface area contributed by atoms with Crippen molar-refractivity contribution in [3.8, 4) is 0 Å². The number of rotatable bonds is 7. The summed E-state index contributed by atoms with van der Waals surface area (Å²) in [6, 6.07) is 13.8. The summed E-state index contributed by atoms with van der Waals surface area (Å²) in [7, 11) is 0. The molecule has 0 fully saturated rings. The van der Waals surface area contributed by atoms with E-state index in [1.807, 2.05) is 17.5 Å². The summed E-state index contributed by atoms with van der Waals surface area (Å²) in [5.74, 6) is 0.432. The molecule has 0 aliphatic rings. The van der Waals surface area contributed by atoms with E-state index in [1.54, 1.807) is 52.8 Å². The van der Waals surface area contributed by atoms with Crippen LogP contribution in [0.5, 0.6) is 0 Å². The fraction of sp³-hybridized carbons (Fsp3) is 0.105. The van der Waals surface area contributed by atoms with Crippen molar-refractivity contribution in [3.63, 3.8) is 0 Å². The van der Waals surface area contributed by atoms with Gasteiger partial charge in [-0.3, -0.25) is 14.9 Å². The van der Waals surface area contributed by atoms with E-state index in [0.29, 0.717) is 24.4 Å². The summed E-state index contributed by atoms with van der Waals surface area (Å²) >= 11 is 1.56. The van der Waals surface area contributed by atoms with Crippen molar-refractivity contribution in [2.75, 3.05) is 0 Å². The molecule has 0 saturated carbocycles. The second-order valence-electron chi connectivity index (χ2n) is 5.50. The third-order valence-electron chi connectivity index (χ3n) is 3.70. The Morgan fingerprint density at radius 3 is 2.69 bits per heavy atom. The van der Waals surface area contributed by atoms with E-state index in [4.69, 9.17) is 4.42 Å². The third-order valence-corrected chi connectivity index (χ3v) is 4.57. The predicted octanol–water partition coefficient (Wildman–Crippen LogP) is 4.49. The van der Waals surface area contributed by atoms with Crippen molar-refractivity contribution < 1.29 is 14.1 Å². The van der Waals surface area contributed by atoms with Gasteiger partial charge in [0, 0.05) is 17.0 Å². The number of nitrogens with zero attached hydrogens (tertiary/aromatic N) is 2. The molecule has 0 aliphatic carbocycles. The van der Waals surface area contributed by atoms with Gasteiger partial charge in [-0.25, -0.2) is 0 Å². The van der Waals surface area contributed by atoms with Crippen LogP contribution in [-0.4, -0.2) is 15.7 Å². The number of carbonyl (C=O) groups excluding carboxylic acids is 1. The molecule has 1 amide bonds. The average Bonchev–Trinajstić information content (AvgIpc) is 3.33. The van der Waals surface area contributed by atoms with Gasteiger partial charge in [0.1, 0.15) is 5.76 Å². The molecule has 0 spiro atoms. The minimum absolute atomic E-state index is 0.0348. The normalized spacial score (nSPS) is 10.9. The van der Waals surface area contributed by atoms with Crippen LogP contribution in [0.1, 0.15) is 16.2 Å². The fourth-order valence-electron chi connectivity index (χ4n) is 2.45. The average molecular weight is 368 g/mol.